The van der Waals surface area contributed by atoms with Crippen LogP contribution in [0.3, 0.4) is 0 Å². The van der Waals surface area contributed by atoms with Gasteiger partial charge in [-0.25, -0.2) is 13.8 Å². The molecule has 4 rings (SSSR count). The van der Waals surface area contributed by atoms with Crippen molar-refractivity contribution >= 4 is 26.8 Å². The lowest BCUT2D eigenvalue weighted by molar-refractivity contribution is -0.0212. The van der Waals surface area contributed by atoms with Gasteiger partial charge in [0.25, 0.3) is 0 Å². The minimum Gasteiger partial charge on any atom is -0.481 e. The van der Waals surface area contributed by atoms with E-state index in [0.717, 1.165) is 15.4 Å². The van der Waals surface area contributed by atoms with E-state index >= 15 is 0 Å². The topological polar surface area (TPSA) is 76.9 Å². The van der Waals surface area contributed by atoms with Crippen LogP contribution < -0.4 is 14.2 Å². The van der Waals surface area contributed by atoms with Gasteiger partial charge >= 0.3 is 0 Å². The second-order valence-electron chi connectivity index (χ2n) is 10.6. The van der Waals surface area contributed by atoms with E-state index in [4.69, 9.17) is 19.2 Å². The summed E-state index contributed by atoms with van der Waals surface area (Å²) >= 11 is 3.53. The molecule has 1 aromatic carbocycles. The molecule has 0 amide bonds. The maximum absolute atomic E-state index is 14.4. The largest absolute Gasteiger partial charge is 0.481 e. The monoisotopic (exact) mass is 607 g/mol. The van der Waals surface area contributed by atoms with E-state index in [1.165, 1.54) is 21.3 Å². The minimum absolute atomic E-state index is 0.155. The van der Waals surface area contributed by atoms with Crippen LogP contribution in [0.4, 0.5) is 8.78 Å². The van der Waals surface area contributed by atoms with Gasteiger partial charge in [-0.1, -0.05) is 15.9 Å². The number of rotatable bonds is 11. The molecule has 2 aromatic heterocycles. The summed E-state index contributed by atoms with van der Waals surface area (Å²) in [5.41, 5.74) is 0.405. The Bertz CT molecular complexity index is 1290. The van der Waals surface area contributed by atoms with Crippen LogP contribution in [-0.4, -0.2) is 67.9 Å². The lowest BCUT2D eigenvalue weighted by Crippen LogP contribution is -2.38. The number of methoxy groups -OCH3 is 3. The summed E-state index contributed by atoms with van der Waals surface area (Å²) in [6.45, 7) is 0.537. The second kappa shape index (κ2) is 11.9. The molecule has 0 radical (unpaired) electrons. The predicted molar refractivity (Wildman–Crippen MR) is 150 cm³/mol. The van der Waals surface area contributed by atoms with Gasteiger partial charge in [0, 0.05) is 52.9 Å². The summed E-state index contributed by atoms with van der Waals surface area (Å²) in [4.78, 5) is 11.0. The first kappa shape index (κ1) is 29.4. The summed E-state index contributed by atoms with van der Waals surface area (Å²) in [6, 6.07) is 11.1. The molecule has 0 saturated heterocycles. The Balaban J connectivity index is 1.95. The highest BCUT2D eigenvalue weighted by Crippen LogP contribution is 2.51. The van der Waals surface area contributed by atoms with Crippen molar-refractivity contribution in [1.29, 1.82) is 0 Å². The van der Waals surface area contributed by atoms with Crippen LogP contribution in [-0.2, 0) is 5.60 Å². The molecule has 0 aliphatic heterocycles. The zero-order chi connectivity index (χ0) is 28.4. The van der Waals surface area contributed by atoms with Crippen molar-refractivity contribution in [3.63, 3.8) is 0 Å². The Morgan fingerprint density at radius 2 is 1.77 bits per heavy atom. The number of ether oxygens (including phenoxy) is 3. The highest BCUT2D eigenvalue weighted by atomic mass is 79.9. The molecule has 3 atom stereocenters. The summed E-state index contributed by atoms with van der Waals surface area (Å²) in [5.74, 6) is -2.70. The summed E-state index contributed by atoms with van der Waals surface area (Å²) in [7, 11) is 8.38. The van der Waals surface area contributed by atoms with Crippen molar-refractivity contribution in [2.75, 3.05) is 42.0 Å². The molecule has 2 heterocycles. The van der Waals surface area contributed by atoms with Crippen LogP contribution in [0.5, 0.6) is 17.6 Å². The zero-order valence-corrected chi connectivity index (χ0v) is 24.6. The molecule has 0 spiro atoms. The average molecular weight is 609 g/mol. The summed E-state index contributed by atoms with van der Waals surface area (Å²) in [5, 5.41) is 13.6. The number of hydrogen-bond donors (Lipinski definition) is 1. The molecule has 1 N–H and O–H groups in total. The molecule has 0 bridgehead atoms. The first-order valence-corrected chi connectivity index (χ1v) is 13.8. The van der Waals surface area contributed by atoms with Gasteiger partial charge in [-0.05, 0) is 69.1 Å². The van der Waals surface area contributed by atoms with Gasteiger partial charge in [0.1, 0.15) is 0 Å². The fourth-order valence-corrected chi connectivity index (χ4v) is 5.95. The second-order valence-corrected chi connectivity index (χ2v) is 11.5. The van der Waals surface area contributed by atoms with Gasteiger partial charge in [0.05, 0.1) is 32.4 Å². The molecule has 1 aliphatic carbocycles. The Morgan fingerprint density at radius 1 is 1.08 bits per heavy atom. The lowest BCUT2D eigenvalue weighted by atomic mass is 9.71. The quantitative estimate of drug-likeness (QED) is 0.279. The molecule has 7 nitrogen and oxygen atoms in total. The molecule has 10 heteroatoms. The molecule has 3 aromatic rings. The normalized spacial score (nSPS) is 19.2. The number of hydrogen-bond acceptors (Lipinski definition) is 7. The van der Waals surface area contributed by atoms with E-state index in [1.807, 2.05) is 43.3 Å². The standard InChI is InChI=1S/C29H36BrF2N3O4/c1-35(2)11-10-29(36,20-15-25(37-3)34-26(16-20)38-4)23(12-18-8-9-28(31,32)17-18)22-14-19-13-21(30)6-7-24(19)33-27(22)39-5/h6-7,13-16,18,23,36H,8-12,17H2,1-5H3. The first-order valence-electron chi connectivity index (χ1n) is 13.0. The molecule has 39 heavy (non-hydrogen) atoms. The average Bonchev–Trinajstić information content (AvgIpc) is 3.27. The van der Waals surface area contributed by atoms with Crippen LogP contribution in [0.15, 0.2) is 40.9 Å². The van der Waals surface area contributed by atoms with E-state index < -0.39 is 17.4 Å². The number of halogens is 3. The van der Waals surface area contributed by atoms with Crippen molar-refractivity contribution in [3.8, 4) is 17.6 Å². The van der Waals surface area contributed by atoms with Crippen LogP contribution in [0.25, 0.3) is 10.9 Å². The van der Waals surface area contributed by atoms with Crippen molar-refractivity contribution in [2.24, 2.45) is 5.92 Å². The predicted octanol–water partition coefficient (Wildman–Crippen LogP) is 6.17. The van der Waals surface area contributed by atoms with Crippen LogP contribution in [0.1, 0.15) is 49.1 Å². The van der Waals surface area contributed by atoms with Gasteiger partial charge < -0.3 is 24.2 Å². The number of pyridine rings is 2. The third-order valence-corrected chi connectivity index (χ3v) is 8.12. The Kier molecular flexibility index (Phi) is 8.98. The molecule has 212 valence electrons. The maximum Gasteiger partial charge on any atom is 0.248 e. The van der Waals surface area contributed by atoms with Crippen LogP contribution >= 0.6 is 15.9 Å². The molecule has 1 saturated carbocycles. The number of benzene rings is 1. The fraction of sp³-hybridized carbons (Fsp3) is 0.517. The van der Waals surface area contributed by atoms with Crippen molar-refractivity contribution < 1.29 is 28.1 Å². The zero-order valence-electron chi connectivity index (χ0n) is 23.0. The molecular formula is C29H36BrF2N3O4. The van der Waals surface area contributed by atoms with Crippen LogP contribution in [0.2, 0.25) is 0 Å². The molecule has 1 fully saturated rings. The van der Waals surface area contributed by atoms with Gasteiger partial charge in [-0.3, -0.25) is 0 Å². The number of aromatic nitrogens is 2. The van der Waals surface area contributed by atoms with E-state index in [1.54, 1.807) is 12.1 Å². The number of fused-ring (bicyclic) bond motifs is 1. The SMILES string of the molecule is COc1cc(C(O)(CCN(C)C)C(CC2CCC(F)(F)C2)c2cc3cc(Br)ccc3nc2OC)cc(OC)n1. The van der Waals surface area contributed by atoms with Crippen molar-refractivity contribution in [3.05, 3.63) is 52.0 Å². The van der Waals surface area contributed by atoms with Gasteiger partial charge in [0.15, 0.2) is 0 Å². The van der Waals surface area contributed by atoms with Gasteiger partial charge in [0.2, 0.25) is 23.6 Å². The van der Waals surface area contributed by atoms with E-state index in [9.17, 15) is 13.9 Å². The number of nitrogens with zero attached hydrogens (tertiary/aromatic N) is 3. The summed E-state index contributed by atoms with van der Waals surface area (Å²) in [6.07, 6.45) is 0.640. The fourth-order valence-electron chi connectivity index (χ4n) is 5.57. The van der Waals surface area contributed by atoms with Gasteiger partial charge in [-0.2, -0.15) is 4.98 Å². The summed E-state index contributed by atoms with van der Waals surface area (Å²) < 4.78 is 46.2. The minimum atomic E-state index is -2.71. The van der Waals surface area contributed by atoms with Crippen molar-refractivity contribution in [1.82, 2.24) is 14.9 Å². The number of aliphatic hydroxyl groups is 1. The smallest absolute Gasteiger partial charge is 0.248 e. The maximum atomic E-state index is 14.4. The van der Waals surface area contributed by atoms with E-state index in [-0.39, 0.29) is 30.5 Å². The van der Waals surface area contributed by atoms with E-state index in [2.05, 4.69) is 20.9 Å². The molecule has 3 unspecified atom stereocenters. The van der Waals surface area contributed by atoms with E-state index in [0.29, 0.717) is 42.8 Å². The third kappa shape index (κ3) is 6.61. The molecular weight excluding hydrogens is 572 g/mol. The highest BCUT2D eigenvalue weighted by molar-refractivity contribution is 9.10. The van der Waals surface area contributed by atoms with Crippen LogP contribution in [0, 0.1) is 5.92 Å². The van der Waals surface area contributed by atoms with Crippen molar-refractivity contribution in [2.45, 2.75) is 49.5 Å². The van der Waals surface area contributed by atoms with Gasteiger partial charge in [-0.15, -0.1) is 0 Å². The highest BCUT2D eigenvalue weighted by Gasteiger charge is 2.46. The Hall–Kier alpha value is -2.56. The lowest BCUT2D eigenvalue weighted by Gasteiger charge is -2.39. The first-order chi connectivity index (χ1) is 18.5. The Labute approximate surface area is 236 Å². The number of alkyl halides is 2. The third-order valence-electron chi connectivity index (χ3n) is 7.63. The Morgan fingerprint density at radius 3 is 2.33 bits per heavy atom. The molecule has 1 aliphatic rings.